The van der Waals surface area contributed by atoms with Gasteiger partial charge in [-0.3, -0.25) is 14.7 Å². The van der Waals surface area contributed by atoms with Gasteiger partial charge in [-0.1, -0.05) is 0 Å². The van der Waals surface area contributed by atoms with Gasteiger partial charge >= 0.3 is 6.09 Å². The van der Waals surface area contributed by atoms with Crippen molar-refractivity contribution in [2.45, 2.75) is 71.6 Å². The molecule has 0 aliphatic carbocycles. The normalized spacial score (nSPS) is 18.0. The lowest BCUT2D eigenvalue weighted by molar-refractivity contribution is 0.0103. The highest BCUT2D eigenvalue weighted by atomic mass is 19.1. The van der Waals surface area contributed by atoms with Crippen molar-refractivity contribution in [1.29, 1.82) is 0 Å². The molecular weight excluding hydrogens is 339 g/mol. The van der Waals surface area contributed by atoms with Crippen molar-refractivity contribution in [3.63, 3.8) is 0 Å². The number of hydrogen-bond donors (Lipinski definition) is 0. The molecule has 6 nitrogen and oxygen atoms in total. The van der Waals surface area contributed by atoms with Gasteiger partial charge in [0.1, 0.15) is 5.60 Å². The average molecular weight is 366 g/mol. The van der Waals surface area contributed by atoms with Gasteiger partial charge in [-0.2, -0.15) is 0 Å². The van der Waals surface area contributed by atoms with Crippen LogP contribution in [0, 0.1) is 5.82 Å². The molecule has 1 atom stereocenters. The molecule has 1 fully saturated rings. The van der Waals surface area contributed by atoms with Crippen molar-refractivity contribution in [2.24, 2.45) is 0 Å². The van der Waals surface area contributed by atoms with Gasteiger partial charge in [0.15, 0.2) is 17.3 Å². The number of pyridine rings is 1. The molecule has 7 heteroatoms. The van der Waals surface area contributed by atoms with Crippen LogP contribution in [0.5, 0.6) is 5.75 Å². The topological polar surface area (TPSA) is 68.7 Å². The van der Waals surface area contributed by atoms with Crippen LogP contribution in [0.25, 0.3) is 0 Å². The Labute approximate surface area is 153 Å². The van der Waals surface area contributed by atoms with E-state index in [1.807, 2.05) is 0 Å². The molecule has 0 spiro atoms. The zero-order chi connectivity index (χ0) is 19.5. The number of carbonyl (C=O) groups is 2. The van der Waals surface area contributed by atoms with Crippen LogP contribution in [0.4, 0.5) is 9.18 Å². The monoisotopic (exact) mass is 366 g/mol. The van der Waals surface area contributed by atoms with Gasteiger partial charge in [-0.15, -0.1) is 0 Å². The zero-order valence-corrected chi connectivity index (χ0v) is 16.0. The minimum absolute atomic E-state index is 0.0548. The first-order valence-corrected chi connectivity index (χ1v) is 8.94. The summed E-state index contributed by atoms with van der Waals surface area (Å²) in [5.74, 6) is -1.18. The van der Waals surface area contributed by atoms with Crippen LogP contribution >= 0.6 is 0 Å². The number of likely N-dealkylation sites (tertiary alicyclic amines) is 1. The van der Waals surface area contributed by atoms with Gasteiger partial charge in [0, 0.05) is 12.7 Å². The molecule has 1 aliphatic heterocycles. The van der Waals surface area contributed by atoms with Crippen molar-refractivity contribution >= 4 is 11.9 Å². The smallest absolute Gasteiger partial charge is 0.410 e. The molecular formula is C19H27FN2O4. The molecule has 0 aromatic carbocycles. The molecule has 1 saturated heterocycles. The first-order valence-electron chi connectivity index (χ1n) is 8.94. The fourth-order valence-electron chi connectivity index (χ4n) is 2.88. The van der Waals surface area contributed by atoms with Crippen molar-refractivity contribution < 1.29 is 23.5 Å². The third-order valence-corrected chi connectivity index (χ3v) is 3.91. The van der Waals surface area contributed by atoms with Gasteiger partial charge in [-0.25, -0.2) is 9.18 Å². The van der Waals surface area contributed by atoms with Crippen LogP contribution in [-0.2, 0) is 4.74 Å². The Morgan fingerprint density at radius 2 is 1.96 bits per heavy atom. The number of piperidine rings is 1. The Hall–Kier alpha value is -2.18. The fourth-order valence-corrected chi connectivity index (χ4v) is 2.88. The van der Waals surface area contributed by atoms with E-state index in [9.17, 15) is 14.0 Å². The highest BCUT2D eigenvalue weighted by Gasteiger charge is 2.36. The van der Waals surface area contributed by atoms with E-state index in [0.717, 1.165) is 19.0 Å². The Kier molecular flexibility index (Phi) is 6.21. The summed E-state index contributed by atoms with van der Waals surface area (Å²) in [5, 5.41) is 0. The maximum Gasteiger partial charge on any atom is 0.410 e. The summed E-state index contributed by atoms with van der Waals surface area (Å²) in [5.41, 5.74) is -0.604. The quantitative estimate of drug-likeness (QED) is 0.754. The Morgan fingerprint density at radius 3 is 2.58 bits per heavy atom. The molecule has 0 saturated carbocycles. The number of amides is 1. The van der Waals surface area contributed by atoms with Crippen molar-refractivity contribution in [3.8, 4) is 5.75 Å². The summed E-state index contributed by atoms with van der Waals surface area (Å²) in [6, 6.07) is -0.711. The lowest BCUT2D eigenvalue weighted by Crippen LogP contribution is -2.49. The summed E-state index contributed by atoms with van der Waals surface area (Å²) in [6.45, 7) is 9.25. The molecule has 26 heavy (non-hydrogen) atoms. The van der Waals surface area contributed by atoms with E-state index >= 15 is 0 Å². The van der Waals surface area contributed by atoms with Crippen molar-refractivity contribution in [1.82, 2.24) is 9.88 Å². The number of hydrogen-bond acceptors (Lipinski definition) is 5. The van der Waals surface area contributed by atoms with E-state index in [-0.39, 0.29) is 23.2 Å². The third kappa shape index (κ3) is 4.93. The molecule has 1 amide bonds. The summed E-state index contributed by atoms with van der Waals surface area (Å²) < 4.78 is 25.1. The highest BCUT2D eigenvalue weighted by Crippen LogP contribution is 2.29. The highest BCUT2D eigenvalue weighted by molar-refractivity contribution is 6.03. The predicted molar refractivity (Wildman–Crippen MR) is 94.9 cm³/mol. The molecule has 0 radical (unpaired) electrons. The molecule has 1 aromatic heterocycles. The van der Waals surface area contributed by atoms with Gasteiger partial charge < -0.3 is 9.47 Å². The van der Waals surface area contributed by atoms with Crippen LogP contribution in [0.1, 0.15) is 64.2 Å². The lowest BCUT2D eigenvalue weighted by atomic mass is 9.95. The summed E-state index contributed by atoms with van der Waals surface area (Å²) in [4.78, 5) is 30.8. The standard InChI is InChI=1S/C19H27FN2O4/c1-12(2)25-17-13(10-21-11-14(17)20)16(23)15-8-6-7-9-22(15)18(24)26-19(3,4)5/h10-12,15H,6-9H2,1-5H3. The Morgan fingerprint density at radius 1 is 1.27 bits per heavy atom. The molecule has 1 aromatic rings. The zero-order valence-electron chi connectivity index (χ0n) is 16.0. The van der Waals surface area contributed by atoms with Gasteiger partial charge in [0.2, 0.25) is 0 Å². The molecule has 0 N–H and O–H groups in total. The minimum Gasteiger partial charge on any atom is -0.487 e. The molecule has 0 bridgehead atoms. The predicted octanol–water partition coefficient (Wildman–Crippen LogP) is 3.98. The minimum atomic E-state index is -0.711. The summed E-state index contributed by atoms with van der Waals surface area (Å²) >= 11 is 0. The molecule has 2 heterocycles. The van der Waals surface area contributed by atoms with Gasteiger partial charge in [0.25, 0.3) is 0 Å². The van der Waals surface area contributed by atoms with Crippen LogP contribution < -0.4 is 4.74 Å². The fraction of sp³-hybridized carbons (Fsp3) is 0.632. The van der Waals surface area contributed by atoms with Crippen LogP contribution in [0.3, 0.4) is 0 Å². The van der Waals surface area contributed by atoms with Crippen LogP contribution in [0.15, 0.2) is 12.4 Å². The Bertz CT molecular complexity index is 670. The second-order valence-electron chi connectivity index (χ2n) is 7.71. The number of aromatic nitrogens is 1. The van der Waals surface area contributed by atoms with E-state index < -0.39 is 23.6 Å². The molecule has 1 unspecified atom stereocenters. The van der Waals surface area contributed by atoms with Crippen molar-refractivity contribution in [3.05, 3.63) is 23.8 Å². The maximum absolute atomic E-state index is 14.2. The van der Waals surface area contributed by atoms with Crippen LogP contribution in [-0.4, -0.2) is 46.1 Å². The second kappa shape index (κ2) is 8.01. The molecule has 1 aliphatic rings. The van der Waals surface area contributed by atoms with E-state index in [0.29, 0.717) is 13.0 Å². The summed E-state index contributed by atoms with van der Waals surface area (Å²) in [6.07, 6.45) is 3.57. The Balaban J connectivity index is 2.31. The lowest BCUT2D eigenvalue weighted by Gasteiger charge is -2.36. The average Bonchev–Trinajstić information content (AvgIpc) is 2.54. The van der Waals surface area contributed by atoms with E-state index in [2.05, 4.69) is 4.98 Å². The number of rotatable bonds is 4. The first-order chi connectivity index (χ1) is 12.1. The first kappa shape index (κ1) is 20.1. The third-order valence-electron chi connectivity index (χ3n) is 3.91. The van der Waals surface area contributed by atoms with Gasteiger partial charge in [-0.05, 0) is 53.9 Å². The number of ketones is 1. The molecule has 144 valence electrons. The summed E-state index contributed by atoms with van der Waals surface area (Å²) in [7, 11) is 0. The molecule has 2 rings (SSSR count). The number of carbonyl (C=O) groups excluding carboxylic acids is 2. The number of halogens is 1. The number of ether oxygens (including phenoxy) is 2. The van der Waals surface area contributed by atoms with Gasteiger partial charge in [0.05, 0.1) is 23.9 Å². The maximum atomic E-state index is 14.2. The number of nitrogens with zero attached hydrogens (tertiary/aromatic N) is 2. The number of Topliss-reactive ketones (excluding diaryl/α,β-unsaturated/α-hetero) is 1. The van der Waals surface area contributed by atoms with Crippen molar-refractivity contribution in [2.75, 3.05) is 6.54 Å². The van der Waals surface area contributed by atoms with E-state index in [1.165, 1.54) is 11.1 Å². The largest absolute Gasteiger partial charge is 0.487 e. The van der Waals surface area contributed by atoms with Crippen LogP contribution in [0.2, 0.25) is 0 Å². The van der Waals surface area contributed by atoms with E-state index in [1.54, 1.807) is 34.6 Å². The SMILES string of the molecule is CC(C)Oc1c(F)cncc1C(=O)C1CCCCN1C(=O)OC(C)(C)C. The second-order valence-corrected chi connectivity index (χ2v) is 7.71. The van der Waals surface area contributed by atoms with E-state index in [4.69, 9.17) is 9.47 Å².